The average molecular weight is 494 g/mol. The van der Waals surface area contributed by atoms with Gasteiger partial charge in [-0.3, -0.25) is 19.5 Å². The Hall–Kier alpha value is -4.05. The molecule has 1 fully saturated rings. The Bertz CT molecular complexity index is 1350. The van der Waals surface area contributed by atoms with Crippen LogP contribution in [0, 0.1) is 13.8 Å². The highest BCUT2D eigenvalue weighted by molar-refractivity contribution is 7.17. The minimum absolute atomic E-state index is 0.0956. The molecule has 2 aromatic heterocycles. The number of nitrogens with zero attached hydrogens (tertiary/aromatic N) is 3. The Morgan fingerprint density at radius 3 is 2.63 bits per heavy atom. The number of carbonyl (C=O) groups excluding carboxylic acids is 3. The molecule has 1 aliphatic rings. The zero-order chi connectivity index (χ0) is 25.3. The van der Waals surface area contributed by atoms with Crippen LogP contribution in [0.4, 0.5) is 5.13 Å². The Balaban J connectivity index is 1.91. The van der Waals surface area contributed by atoms with E-state index in [0.29, 0.717) is 28.1 Å². The minimum atomic E-state index is -0.995. The smallest absolute Gasteiger partial charge is 0.350 e. The van der Waals surface area contributed by atoms with Crippen molar-refractivity contribution in [1.82, 2.24) is 9.97 Å². The summed E-state index contributed by atoms with van der Waals surface area (Å²) >= 11 is 0.953. The van der Waals surface area contributed by atoms with E-state index in [1.807, 2.05) is 0 Å². The summed E-state index contributed by atoms with van der Waals surface area (Å²) in [4.78, 5) is 48.9. The highest BCUT2D eigenvalue weighted by Crippen LogP contribution is 2.44. The van der Waals surface area contributed by atoms with Crippen LogP contribution in [0.3, 0.4) is 0 Å². The normalized spacial score (nSPS) is 17.0. The summed E-state index contributed by atoms with van der Waals surface area (Å²) in [7, 11) is 1.53. The van der Waals surface area contributed by atoms with Crippen molar-refractivity contribution in [3.63, 3.8) is 0 Å². The van der Waals surface area contributed by atoms with Crippen molar-refractivity contribution in [2.45, 2.75) is 26.8 Å². The molecule has 1 saturated heterocycles. The monoisotopic (exact) mass is 493 g/mol. The van der Waals surface area contributed by atoms with Gasteiger partial charge in [-0.05, 0) is 56.2 Å². The van der Waals surface area contributed by atoms with Gasteiger partial charge in [0.2, 0.25) is 0 Å². The summed E-state index contributed by atoms with van der Waals surface area (Å²) < 4.78 is 10.3. The third-order valence-corrected chi connectivity index (χ3v) is 6.72. The fourth-order valence-corrected chi connectivity index (χ4v) is 4.92. The minimum Gasteiger partial charge on any atom is -0.507 e. The van der Waals surface area contributed by atoms with Gasteiger partial charge in [0.25, 0.3) is 5.78 Å². The molecule has 0 spiro atoms. The number of thiazole rings is 1. The van der Waals surface area contributed by atoms with Gasteiger partial charge in [0, 0.05) is 18.0 Å². The number of aryl methyl sites for hydroxylation is 2. The number of aromatic nitrogens is 2. The van der Waals surface area contributed by atoms with E-state index in [4.69, 9.17) is 9.47 Å². The summed E-state index contributed by atoms with van der Waals surface area (Å²) in [6.07, 6.45) is 3.08. The number of methoxy groups -OCH3 is 1. The average Bonchev–Trinajstić information content (AvgIpc) is 3.36. The zero-order valence-corrected chi connectivity index (χ0v) is 20.4. The predicted octanol–water partition coefficient (Wildman–Crippen LogP) is 3.97. The molecule has 10 heteroatoms. The lowest BCUT2D eigenvalue weighted by molar-refractivity contribution is -0.132. The summed E-state index contributed by atoms with van der Waals surface area (Å²) in [5.41, 5.74) is 1.83. The molecule has 1 atom stereocenters. The Morgan fingerprint density at radius 1 is 1.23 bits per heavy atom. The number of Topliss-reactive ketones (excluding diaryl/α,β-unsaturated/α-hetero) is 1. The van der Waals surface area contributed by atoms with Gasteiger partial charge in [-0.25, -0.2) is 9.78 Å². The first-order valence-electron chi connectivity index (χ1n) is 10.8. The maximum absolute atomic E-state index is 13.3. The van der Waals surface area contributed by atoms with Crippen LogP contribution in [0.25, 0.3) is 5.76 Å². The molecule has 3 heterocycles. The van der Waals surface area contributed by atoms with Crippen LogP contribution in [-0.2, 0) is 14.3 Å². The van der Waals surface area contributed by atoms with E-state index >= 15 is 0 Å². The van der Waals surface area contributed by atoms with Gasteiger partial charge in [0.1, 0.15) is 16.4 Å². The third kappa shape index (κ3) is 4.28. The first kappa shape index (κ1) is 24.1. The molecule has 4 rings (SSSR count). The quantitative estimate of drug-likeness (QED) is 0.237. The van der Waals surface area contributed by atoms with Crippen LogP contribution < -0.4 is 9.64 Å². The second-order valence-electron chi connectivity index (χ2n) is 7.77. The van der Waals surface area contributed by atoms with Gasteiger partial charge in [0.05, 0.1) is 31.0 Å². The molecule has 0 saturated carbocycles. The molecule has 9 nitrogen and oxygen atoms in total. The number of amides is 1. The molecule has 1 N–H and O–H groups in total. The molecule has 0 unspecified atom stereocenters. The van der Waals surface area contributed by atoms with Crippen molar-refractivity contribution in [3.05, 3.63) is 75.6 Å². The molecule has 0 radical (unpaired) electrons. The van der Waals surface area contributed by atoms with E-state index in [2.05, 4.69) is 9.97 Å². The fraction of sp³-hybridized carbons (Fsp3) is 0.240. The standard InChI is InChI=1S/C25H23N3O6S/c1-5-34-24(32)22-14(3)27-25(35-22)28-19(15-7-6-10-26-12-15)18(21(30)23(28)31)20(29)17-9-8-16(33-4)11-13(17)2/h6-12,19,29H,5H2,1-4H3/b20-18+/t19-/m0/s1. The number of pyridine rings is 1. The molecule has 1 aromatic carbocycles. The number of aliphatic hydroxyl groups is 1. The van der Waals surface area contributed by atoms with Gasteiger partial charge in [0.15, 0.2) is 5.13 Å². The van der Waals surface area contributed by atoms with Crippen LogP contribution in [0.2, 0.25) is 0 Å². The van der Waals surface area contributed by atoms with Crippen molar-refractivity contribution < 1.29 is 29.0 Å². The van der Waals surface area contributed by atoms with Crippen LogP contribution in [0.5, 0.6) is 5.75 Å². The highest BCUT2D eigenvalue weighted by Gasteiger charge is 2.48. The predicted molar refractivity (Wildman–Crippen MR) is 130 cm³/mol. The molecule has 0 aliphatic carbocycles. The summed E-state index contributed by atoms with van der Waals surface area (Å²) in [6, 6.07) is 7.39. The number of ether oxygens (including phenoxy) is 2. The number of hydrogen-bond donors (Lipinski definition) is 1. The number of ketones is 1. The number of rotatable bonds is 6. The maximum Gasteiger partial charge on any atom is 0.350 e. The third-order valence-electron chi connectivity index (χ3n) is 5.59. The highest BCUT2D eigenvalue weighted by atomic mass is 32.1. The van der Waals surface area contributed by atoms with E-state index in [-0.39, 0.29) is 27.9 Å². The van der Waals surface area contributed by atoms with E-state index in [1.165, 1.54) is 18.2 Å². The van der Waals surface area contributed by atoms with Gasteiger partial charge >= 0.3 is 11.9 Å². The van der Waals surface area contributed by atoms with Gasteiger partial charge in [-0.1, -0.05) is 17.4 Å². The van der Waals surface area contributed by atoms with Crippen molar-refractivity contribution >= 4 is 39.9 Å². The number of anilines is 1. The van der Waals surface area contributed by atoms with Crippen molar-refractivity contribution in [1.29, 1.82) is 0 Å². The number of aliphatic hydroxyl groups excluding tert-OH is 1. The van der Waals surface area contributed by atoms with E-state index in [9.17, 15) is 19.5 Å². The molecule has 180 valence electrons. The van der Waals surface area contributed by atoms with Crippen molar-refractivity contribution in [2.75, 3.05) is 18.6 Å². The van der Waals surface area contributed by atoms with Crippen LogP contribution in [-0.4, -0.2) is 46.5 Å². The van der Waals surface area contributed by atoms with Gasteiger partial charge in [-0.15, -0.1) is 0 Å². The Kier molecular flexibility index (Phi) is 6.65. The lowest BCUT2D eigenvalue weighted by Gasteiger charge is -2.22. The second kappa shape index (κ2) is 9.67. The molecule has 1 amide bonds. The van der Waals surface area contributed by atoms with Gasteiger partial charge < -0.3 is 14.6 Å². The lowest BCUT2D eigenvalue weighted by atomic mass is 9.95. The largest absolute Gasteiger partial charge is 0.507 e. The summed E-state index contributed by atoms with van der Waals surface area (Å²) in [5, 5.41) is 11.4. The maximum atomic E-state index is 13.3. The van der Waals surface area contributed by atoms with Crippen molar-refractivity contribution in [3.8, 4) is 5.75 Å². The Labute approximate surface area is 205 Å². The van der Waals surface area contributed by atoms with E-state index in [0.717, 1.165) is 11.3 Å². The fourth-order valence-electron chi connectivity index (χ4n) is 3.93. The molecular formula is C25H23N3O6S. The topological polar surface area (TPSA) is 119 Å². The van der Waals surface area contributed by atoms with Crippen LogP contribution in [0.15, 0.2) is 48.3 Å². The number of benzene rings is 1. The first-order chi connectivity index (χ1) is 16.8. The molecular weight excluding hydrogens is 470 g/mol. The summed E-state index contributed by atoms with van der Waals surface area (Å²) in [5.74, 6) is -2.02. The lowest BCUT2D eigenvalue weighted by Crippen LogP contribution is -2.29. The van der Waals surface area contributed by atoms with Crippen LogP contribution in [0.1, 0.15) is 45.0 Å². The van der Waals surface area contributed by atoms with Crippen molar-refractivity contribution in [2.24, 2.45) is 0 Å². The van der Waals surface area contributed by atoms with E-state index in [1.54, 1.807) is 57.3 Å². The molecule has 3 aromatic rings. The Morgan fingerprint density at radius 2 is 2.00 bits per heavy atom. The number of esters is 1. The molecule has 35 heavy (non-hydrogen) atoms. The number of carbonyl (C=O) groups is 3. The molecule has 0 bridgehead atoms. The van der Waals surface area contributed by atoms with Crippen LogP contribution >= 0.6 is 11.3 Å². The zero-order valence-electron chi connectivity index (χ0n) is 19.6. The van der Waals surface area contributed by atoms with Gasteiger partial charge in [-0.2, -0.15) is 0 Å². The molecule has 1 aliphatic heterocycles. The SMILES string of the molecule is CCOC(=O)c1sc(N2C(=O)C(=O)/C(=C(/O)c3ccc(OC)cc3C)[C@@H]2c2cccnc2)nc1C. The van der Waals surface area contributed by atoms with E-state index < -0.39 is 23.7 Å². The first-order valence-corrected chi connectivity index (χ1v) is 11.6. The number of hydrogen-bond acceptors (Lipinski definition) is 9. The second-order valence-corrected chi connectivity index (χ2v) is 8.75. The summed E-state index contributed by atoms with van der Waals surface area (Å²) in [6.45, 7) is 5.27.